The van der Waals surface area contributed by atoms with Gasteiger partial charge < -0.3 is 0 Å². The van der Waals surface area contributed by atoms with Crippen molar-refractivity contribution in [2.45, 2.75) is 52.4 Å². The maximum Gasteiger partial charge on any atom is 0.270 e. The molecule has 0 saturated carbocycles. The van der Waals surface area contributed by atoms with Crippen molar-refractivity contribution in [1.82, 2.24) is 0 Å². The molecule has 0 amide bonds. The SMILES string of the molecule is CCC1=C(C(C)(F)F)C(CC)C(c2cccc(C(C)(F)F)c2)=N1. The highest BCUT2D eigenvalue weighted by molar-refractivity contribution is 6.06. The van der Waals surface area contributed by atoms with Gasteiger partial charge in [-0.3, -0.25) is 4.99 Å². The first-order chi connectivity index (χ1) is 10.6. The van der Waals surface area contributed by atoms with Gasteiger partial charge >= 0.3 is 0 Å². The Labute approximate surface area is 134 Å². The van der Waals surface area contributed by atoms with E-state index in [-0.39, 0.29) is 11.1 Å². The van der Waals surface area contributed by atoms with Crippen molar-refractivity contribution in [2.24, 2.45) is 10.9 Å². The molecule has 0 aliphatic carbocycles. The van der Waals surface area contributed by atoms with Crippen molar-refractivity contribution in [1.29, 1.82) is 0 Å². The normalized spacial score (nSPS) is 19.3. The van der Waals surface area contributed by atoms with Gasteiger partial charge in [-0.15, -0.1) is 0 Å². The van der Waals surface area contributed by atoms with Gasteiger partial charge in [-0.2, -0.15) is 0 Å². The van der Waals surface area contributed by atoms with Crippen LogP contribution in [0.25, 0.3) is 0 Å². The van der Waals surface area contributed by atoms with Gasteiger partial charge in [0.05, 0.1) is 5.71 Å². The first kappa shape index (κ1) is 17.7. The second-order valence-electron chi connectivity index (χ2n) is 6.03. The number of rotatable bonds is 5. The molecule has 0 fully saturated rings. The first-order valence-corrected chi connectivity index (χ1v) is 7.78. The van der Waals surface area contributed by atoms with Gasteiger partial charge in [0.2, 0.25) is 0 Å². The predicted octanol–water partition coefficient (Wildman–Crippen LogP) is 5.95. The third-order valence-corrected chi connectivity index (χ3v) is 4.13. The standard InChI is InChI=1S/C18H21F4N/c1-5-13-15(18(4,21)22)14(6-2)23-16(13)11-8-7-9-12(10-11)17(3,19)20/h7-10,13H,5-6H2,1-4H3. The van der Waals surface area contributed by atoms with Gasteiger partial charge in [-0.05, 0) is 24.5 Å². The van der Waals surface area contributed by atoms with Crippen LogP contribution in [0, 0.1) is 5.92 Å². The smallest absolute Gasteiger partial charge is 0.256 e. The van der Waals surface area contributed by atoms with E-state index in [1.165, 1.54) is 18.2 Å². The van der Waals surface area contributed by atoms with Crippen molar-refractivity contribution in [3.8, 4) is 0 Å². The monoisotopic (exact) mass is 327 g/mol. The summed E-state index contributed by atoms with van der Waals surface area (Å²) in [4.78, 5) is 4.37. The number of aliphatic imine (C=N–C) groups is 1. The van der Waals surface area contributed by atoms with Crippen LogP contribution in [0.2, 0.25) is 0 Å². The summed E-state index contributed by atoms with van der Waals surface area (Å²) >= 11 is 0. The van der Waals surface area contributed by atoms with Gasteiger partial charge in [0, 0.05) is 36.6 Å². The highest BCUT2D eigenvalue weighted by Gasteiger charge is 2.41. The third-order valence-electron chi connectivity index (χ3n) is 4.13. The molecule has 1 aromatic rings. The summed E-state index contributed by atoms with van der Waals surface area (Å²) in [5, 5.41) is 0. The minimum atomic E-state index is -2.98. The van der Waals surface area contributed by atoms with Crippen LogP contribution in [0.1, 0.15) is 51.7 Å². The van der Waals surface area contributed by atoms with E-state index in [1.54, 1.807) is 13.0 Å². The lowest BCUT2D eigenvalue weighted by atomic mass is 9.85. The molecule has 1 atom stereocenters. The highest BCUT2D eigenvalue weighted by atomic mass is 19.3. The minimum Gasteiger partial charge on any atom is -0.256 e. The van der Waals surface area contributed by atoms with E-state index in [0.29, 0.717) is 29.8 Å². The lowest BCUT2D eigenvalue weighted by Crippen LogP contribution is -2.25. The number of alkyl halides is 4. The molecule has 2 rings (SSSR count). The number of hydrogen-bond donors (Lipinski definition) is 0. The van der Waals surface area contributed by atoms with Crippen molar-refractivity contribution < 1.29 is 17.6 Å². The molecule has 0 saturated heterocycles. The number of halogens is 4. The molecule has 0 N–H and O–H groups in total. The number of nitrogens with zero attached hydrogens (tertiary/aromatic N) is 1. The fourth-order valence-corrected chi connectivity index (χ4v) is 3.06. The topological polar surface area (TPSA) is 12.4 Å². The van der Waals surface area contributed by atoms with Gasteiger partial charge in [-0.25, -0.2) is 17.6 Å². The maximum absolute atomic E-state index is 14.0. The molecule has 1 aliphatic rings. The first-order valence-electron chi connectivity index (χ1n) is 7.78. The summed E-state index contributed by atoms with van der Waals surface area (Å²) in [7, 11) is 0. The van der Waals surface area contributed by atoms with Crippen molar-refractivity contribution in [2.75, 3.05) is 0 Å². The van der Waals surface area contributed by atoms with Crippen LogP contribution in [-0.4, -0.2) is 11.6 Å². The molecule has 1 aromatic carbocycles. The van der Waals surface area contributed by atoms with Gasteiger partial charge in [0.15, 0.2) is 0 Å². The van der Waals surface area contributed by atoms with Gasteiger partial charge in [0.1, 0.15) is 0 Å². The molecule has 0 aromatic heterocycles. The van der Waals surface area contributed by atoms with Crippen LogP contribution in [0.15, 0.2) is 40.5 Å². The van der Waals surface area contributed by atoms with E-state index in [0.717, 1.165) is 13.8 Å². The Kier molecular flexibility index (Phi) is 4.69. The summed E-state index contributed by atoms with van der Waals surface area (Å²) in [6.07, 6.45) is 0.843. The molecule has 1 heterocycles. The van der Waals surface area contributed by atoms with E-state index >= 15 is 0 Å². The zero-order valence-electron chi connectivity index (χ0n) is 13.8. The van der Waals surface area contributed by atoms with Crippen molar-refractivity contribution in [3.63, 3.8) is 0 Å². The largest absolute Gasteiger partial charge is 0.270 e. The molecule has 126 valence electrons. The lowest BCUT2D eigenvalue weighted by molar-refractivity contribution is 0.0174. The summed E-state index contributed by atoms with van der Waals surface area (Å²) in [5.74, 6) is -6.48. The van der Waals surface area contributed by atoms with E-state index < -0.39 is 17.8 Å². The Balaban J connectivity index is 2.50. The van der Waals surface area contributed by atoms with E-state index in [9.17, 15) is 17.6 Å². The average molecular weight is 327 g/mol. The Hall–Kier alpha value is -1.65. The molecule has 0 radical (unpaired) electrons. The molecule has 1 nitrogen and oxygen atoms in total. The van der Waals surface area contributed by atoms with Crippen LogP contribution < -0.4 is 0 Å². The Morgan fingerprint density at radius 3 is 2.17 bits per heavy atom. The van der Waals surface area contributed by atoms with Crippen molar-refractivity contribution in [3.05, 3.63) is 46.7 Å². The molecule has 1 unspecified atom stereocenters. The van der Waals surface area contributed by atoms with Crippen LogP contribution >= 0.6 is 0 Å². The Morgan fingerprint density at radius 1 is 1.04 bits per heavy atom. The highest BCUT2D eigenvalue weighted by Crippen LogP contribution is 2.42. The van der Waals surface area contributed by atoms with E-state index in [4.69, 9.17) is 0 Å². The van der Waals surface area contributed by atoms with Crippen LogP contribution in [0.4, 0.5) is 17.6 Å². The fraction of sp³-hybridized carbons (Fsp3) is 0.500. The second-order valence-corrected chi connectivity index (χ2v) is 6.03. The fourth-order valence-electron chi connectivity index (χ4n) is 3.06. The van der Waals surface area contributed by atoms with E-state index in [1.807, 2.05) is 6.92 Å². The van der Waals surface area contributed by atoms with Gasteiger partial charge in [0.25, 0.3) is 11.8 Å². The summed E-state index contributed by atoms with van der Waals surface area (Å²) in [6.45, 7) is 5.27. The third kappa shape index (κ3) is 3.48. The molecule has 1 aliphatic heterocycles. The second kappa shape index (κ2) is 6.10. The molecule has 0 bridgehead atoms. The summed E-state index contributed by atoms with van der Waals surface area (Å²) in [6, 6.07) is 5.86. The summed E-state index contributed by atoms with van der Waals surface area (Å²) < 4.78 is 55.1. The number of hydrogen-bond acceptors (Lipinski definition) is 1. The molecule has 0 spiro atoms. The van der Waals surface area contributed by atoms with Crippen LogP contribution in [0.5, 0.6) is 0 Å². The molecular formula is C18H21F4N. The lowest BCUT2D eigenvalue weighted by Gasteiger charge is -2.22. The van der Waals surface area contributed by atoms with Crippen LogP contribution in [0.3, 0.4) is 0 Å². The van der Waals surface area contributed by atoms with Crippen LogP contribution in [-0.2, 0) is 5.92 Å². The molecule has 5 heteroatoms. The summed E-state index contributed by atoms with van der Waals surface area (Å²) in [5.41, 5.74) is 1.20. The molecular weight excluding hydrogens is 306 g/mol. The number of benzene rings is 1. The Bertz CT molecular complexity index is 648. The zero-order valence-corrected chi connectivity index (χ0v) is 13.8. The predicted molar refractivity (Wildman–Crippen MR) is 84.3 cm³/mol. The van der Waals surface area contributed by atoms with Crippen molar-refractivity contribution >= 4 is 5.71 Å². The maximum atomic E-state index is 14.0. The minimum absolute atomic E-state index is 0.0196. The average Bonchev–Trinajstić information content (AvgIpc) is 2.85. The zero-order chi connectivity index (χ0) is 17.4. The quantitative estimate of drug-likeness (QED) is 0.593. The van der Waals surface area contributed by atoms with Gasteiger partial charge in [-0.1, -0.05) is 32.0 Å². The Morgan fingerprint density at radius 2 is 1.70 bits per heavy atom. The molecule has 23 heavy (non-hydrogen) atoms. The van der Waals surface area contributed by atoms with E-state index in [2.05, 4.69) is 4.99 Å². The number of allylic oxidation sites excluding steroid dienone is 2.